The highest BCUT2D eigenvalue weighted by Crippen LogP contribution is 2.44. The Morgan fingerprint density at radius 1 is 0.550 bits per heavy atom. The van der Waals surface area contributed by atoms with Crippen LogP contribution < -0.4 is 5.32 Å². The lowest BCUT2D eigenvalue weighted by Gasteiger charge is -2.39. The summed E-state index contributed by atoms with van der Waals surface area (Å²) in [5, 5.41) is 4.02. The zero-order chi connectivity index (χ0) is 28.1. The van der Waals surface area contributed by atoms with Gasteiger partial charge in [0.1, 0.15) is 0 Å². The number of hydrogen-bond donors (Lipinski definition) is 5. The van der Waals surface area contributed by atoms with Crippen LogP contribution in [0.1, 0.15) is 36.5 Å². The first-order valence-corrected chi connectivity index (χ1v) is 15.3. The molecule has 0 amide bonds. The Labute approximate surface area is 260 Å². The summed E-state index contributed by atoms with van der Waals surface area (Å²) in [5.74, 6) is 0. The van der Waals surface area contributed by atoms with Gasteiger partial charge in [-0.3, -0.25) is 5.32 Å². The minimum absolute atomic E-state index is 0.691. The van der Waals surface area contributed by atoms with Gasteiger partial charge in [0.25, 0.3) is 0 Å². The van der Waals surface area contributed by atoms with E-state index in [1.165, 1.54) is 0 Å². The summed E-state index contributed by atoms with van der Waals surface area (Å²) in [6.45, 7) is 3.06. The van der Waals surface area contributed by atoms with Crippen molar-refractivity contribution >= 4 is 50.5 Å². The second-order valence-electron chi connectivity index (χ2n) is 9.95. The molecule has 5 aromatic rings. The number of rotatable bonds is 9. The van der Waals surface area contributed by atoms with Crippen LogP contribution in [0.3, 0.4) is 0 Å². The Balaban J connectivity index is 1.80. The Kier molecular flexibility index (Phi) is 9.39. The molecule has 1 N–H and O–H groups in total. The zero-order valence-electron chi connectivity index (χ0n) is 22.4. The van der Waals surface area contributed by atoms with Crippen molar-refractivity contribution in [2.75, 3.05) is 6.54 Å². The first kappa shape index (κ1) is 29.0. The second kappa shape index (κ2) is 13.0. The molecule has 5 rings (SSSR count). The van der Waals surface area contributed by atoms with E-state index in [-0.39, 0.29) is 0 Å². The molecule has 0 aliphatic heterocycles. The van der Waals surface area contributed by atoms with Gasteiger partial charge in [-0.05, 0) is 100 Å². The number of thiol groups is 4. The quantitative estimate of drug-likeness (QED) is 0.0649. The van der Waals surface area contributed by atoms with E-state index in [0.717, 1.165) is 77.9 Å². The minimum atomic E-state index is -0.691. The summed E-state index contributed by atoms with van der Waals surface area (Å²) < 4.78 is 0. The largest absolute Gasteiger partial charge is 0.300 e. The Morgan fingerprint density at radius 3 is 1.45 bits per heavy atom. The molecule has 0 saturated carbocycles. The zero-order valence-corrected chi connectivity index (χ0v) is 26.0. The second-order valence-corrected chi connectivity index (χ2v) is 12.0. The summed E-state index contributed by atoms with van der Waals surface area (Å²) in [5.41, 5.74) is 7.14. The van der Waals surface area contributed by atoms with E-state index in [1.54, 1.807) is 0 Å². The van der Waals surface area contributed by atoms with Crippen molar-refractivity contribution in [2.24, 2.45) is 0 Å². The van der Waals surface area contributed by atoms with Gasteiger partial charge < -0.3 is 0 Å². The molecule has 0 radical (unpaired) electrons. The van der Waals surface area contributed by atoms with E-state index >= 15 is 0 Å². The van der Waals surface area contributed by atoms with Crippen LogP contribution in [0, 0.1) is 0 Å². The molecule has 0 saturated heterocycles. The molecular weight excluding hydrogens is 563 g/mol. The molecule has 0 heterocycles. The molecule has 5 aromatic carbocycles. The molecule has 40 heavy (non-hydrogen) atoms. The molecule has 0 unspecified atom stereocenters. The molecule has 202 valence electrons. The van der Waals surface area contributed by atoms with Gasteiger partial charge in [-0.2, -0.15) is 0 Å². The average molecular weight is 596 g/mol. The van der Waals surface area contributed by atoms with Crippen LogP contribution in [0.25, 0.3) is 22.3 Å². The maximum absolute atomic E-state index is 5.07. The van der Waals surface area contributed by atoms with Crippen LogP contribution in [0.2, 0.25) is 0 Å². The lowest BCUT2D eigenvalue weighted by Crippen LogP contribution is -2.45. The normalized spacial score (nSPS) is 11.5. The average Bonchev–Trinajstić information content (AvgIpc) is 2.98. The van der Waals surface area contributed by atoms with Crippen LogP contribution in [0.15, 0.2) is 135 Å². The third-order valence-corrected chi connectivity index (χ3v) is 8.71. The van der Waals surface area contributed by atoms with Crippen LogP contribution in [-0.4, -0.2) is 6.54 Å². The Morgan fingerprint density at radius 2 is 1.00 bits per heavy atom. The molecule has 5 heteroatoms. The summed E-state index contributed by atoms with van der Waals surface area (Å²) in [4.78, 5) is 3.72. The molecule has 0 aromatic heterocycles. The van der Waals surface area contributed by atoms with Crippen molar-refractivity contribution in [3.8, 4) is 22.3 Å². The predicted octanol–water partition coefficient (Wildman–Crippen LogP) is 9.86. The molecular formula is C35H33NS4. The van der Waals surface area contributed by atoms with Gasteiger partial charge in [0, 0.05) is 19.6 Å². The topological polar surface area (TPSA) is 12.0 Å². The summed E-state index contributed by atoms with van der Waals surface area (Å²) in [7, 11) is 0. The van der Waals surface area contributed by atoms with Gasteiger partial charge in [-0.1, -0.05) is 80.1 Å². The first-order valence-electron chi connectivity index (χ1n) is 13.5. The van der Waals surface area contributed by atoms with Crippen molar-refractivity contribution in [1.29, 1.82) is 0 Å². The highest BCUT2D eigenvalue weighted by Gasteiger charge is 2.39. The highest BCUT2D eigenvalue weighted by atomic mass is 32.1. The Bertz CT molecular complexity index is 1480. The van der Waals surface area contributed by atoms with E-state index < -0.39 is 5.54 Å². The highest BCUT2D eigenvalue weighted by molar-refractivity contribution is 7.80. The summed E-state index contributed by atoms with van der Waals surface area (Å²) in [6.07, 6.45) is 2.14. The standard InChI is InChI=1S/C35H33NS4/c1-2-3-21-36-35(28-7-5-4-6-8-28,31-22-26(13-19-33(31)39)24-9-15-29(37)16-10-24)32-23-27(14-20-34(32)40)25-11-17-30(38)18-12-25/h4-20,22-23,36-40H,2-3,21H2,1H3. The maximum Gasteiger partial charge on any atom is 0.0969 e. The fourth-order valence-electron chi connectivity index (χ4n) is 5.23. The smallest absolute Gasteiger partial charge is 0.0969 e. The van der Waals surface area contributed by atoms with Crippen LogP contribution >= 0.6 is 50.5 Å². The third-order valence-electron chi connectivity index (χ3n) is 7.33. The van der Waals surface area contributed by atoms with Gasteiger partial charge in [0.2, 0.25) is 0 Å². The van der Waals surface area contributed by atoms with E-state index in [4.69, 9.17) is 25.3 Å². The molecule has 0 fully saturated rings. The van der Waals surface area contributed by atoms with Crippen LogP contribution in [0.5, 0.6) is 0 Å². The molecule has 0 aliphatic carbocycles. The van der Waals surface area contributed by atoms with Gasteiger partial charge in [0.05, 0.1) is 5.54 Å². The van der Waals surface area contributed by atoms with E-state index in [0.29, 0.717) is 0 Å². The molecule has 1 nitrogen and oxygen atoms in total. The number of unbranched alkanes of at least 4 members (excludes halogenated alkanes) is 1. The lowest BCUT2D eigenvalue weighted by atomic mass is 9.75. The monoisotopic (exact) mass is 595 g/mol. The maximum atomic E-state index is 5.07. The third kappa shape index (κ3) is 6.05. The van der Waals surface area contributed by atoms with Crippen LogP contribution in [-0.2, 0) is 5.54 Å². The number of benzene rings is 5. The van der Waals surface area contributed by atoms with Gasteiger partial charge >= 0.3 is 0 Å². The van der Waals surface area contributed by atoms with Gasteiger partial charge in [-0.25, -0.2) is 0 Å². The molecule has 0 bridgehead atoms. The van der Waals surface area contributed by atoms with Crippen LogP contribution in [0.4, 0.5) is 0 Å². The number of hydrogen-bond acceptors (Lipinski definition) is 5. The number of nitrogens with one attached hydrogen (secondary N) is 1. The minimum Gasteiger partial charge on any atom is -0.300 e. The Hall–Kier alpha value is -2.54. The SMILES string of the molecule is CCCCNC(c1ccccc1)(c1cc(-c2ccc(S)cc2)ccc1S)c1cc(-c2ccc(S)cc2)ccc1S. The van der Waals surface area contributed by atoms with E-state index in [1.807, 2.05) is 24.3 Å². The predicted molar refractivity (Wildman–Crippen MR) is 182 cm³/mol. The summed E-state index contributed by atoms with van der Waals surface area (Å²) >= 11 is 19.1. The molecule has 0 aliphatic rings. The van der Waals surface area contributed by atoms with Crippen molar-refractivity contribution in [3.63, 3.8) is 0 Å². The molecule has 0 spiro atoms. The van der Waals surface area contributed by atoms with E-state index in [9.17, 15) is 0 Å². The lowest BCUT2D eigenvalue weighted by molar-refractivity contribution is 0.452. The van der Waals surface area contributed by atoms with Crippen molar-refractivity contribution in [2.45, 2.75) is 44.9 Å². The fourth-order valence-corrected chi connectivity index (χ4v) is 6.14. The van der Waals surface area contributed by atoms with Crippen molar-refractivity contribution in [1.82, 2.24) is 5.32 Å². The van der Waals surface area contributed by atoms with Crippen molar-refractivity contribution in [3.05, 3.63) is 132 Å². The molecule has 0 atom stereocenters. The summed E-state index contributed by atoms with van der Waals surface area (Å²) in [6, 6.07) is 40.3. The first-order chi connectivity index (χ1) is 19.4. The fraction of sp³-hybridized carbons (Fsp3) is 0.143. The van der Waals surface area contributed by atoms with Gasteiger partial charge in [-0.15, -0.1) is 50.5 Å². The van der Waals surface area contributed by atoms with Crippen molar-refractivity contribution < 1.29 is 0 Å². The van der Waals surface area contributed by atoms with Gasteiger partial charge in [0.15, 0.2) is 0 Å². The van der Waals surface area contributed by atoms with E-state index in [2.05, 4.69) is 128 Å².